The first-order chi connectivity index (χ1) is 11.8. The largest absolute Gasteiger partial charge is 0.357 e. The molecule has 2 rings (SSSR count). The number of guanidine groups is 1. The highest BCUT2D eigenvalue weighted by Gasteiger charge is 2.02. The van der Waals surface area contributed by atoms with Crippen LogP contribution in [0.4, 0.5) is 5.69 Å². The quantitative estimate of drug-likeness (QED) is 0.389. The van der Waals surface area contributed by atoms with E-state index in [9.17, 15) is 4.79 Å². The molecule has 1 heterocycles. The third-order valence-electron chi connectivity index (χ3n) is 3.20. The first-order valence-electron chi connectivity index (χ1n) is 8.12. The predicted molar refractivity (Wildman–Crippen MR) is 95.9 cm³/mol. The van der Waals surface area contributed by atoms with Crippen LogP contribution in [0.25, 0.3) is 0 Å². The summed E-state index contributed by atoms with van der Waals surface area (Å²) < 4.78 is 1.89. The summed E-state index contributed by atoms with van der Waals surface area (Å²) in [6, 6.07) is 11.3. The van der Waals surface area contributed by atoms with Crippen LogP contribution in [-0.2, 0) is 11.3 Å². The van der Waals surface area contributed by atoms with E-state index >= 15 is 0 Å². The fourth-order valence-electron chi connectivity index (χ4n) is 2.10. The molecule has 24 heavy (non-hydrogen) atoms. The number of nitrogens with one attached hydrogen (secondary N) is 3. The topological polar surface area (TPSA) is 83.3 Å². The van der Waals surface area contributed by atoms with Crippen molar-refractivity contribution in [3.8, 4) is 0 Å². The molecule has 0 radical (unpaired) electrons. The molecule has 1 aromatic heterocycles. The van der Waals surface area contributed by atoms with Crippen LogP contribution in [0.3, 0.4) is 0 Å². The monoisotopic (exact) mass is 328 g/mol. The van der Waals surface area contributed by atoms with Crippen molar-refractivity contribution in [2.45, 2.75) is 19.9 Å². The van der Waals surface area contributed by atoms with E-state index in [1.807, 2.05) is 54.2 Å². The van der Waals surface area contributed by atoms with E-state index in [4.69, 9.17) is 0 Å². The lowest BCUT2D eigenvalue weighted by molar-refractivity contribution is -0.114. The zero-order valence-corrected chi connectivity index (χ0v) is 13.9. The standard InChI is InChI=1S/C17H24N6O/c1-2-18-17(19-10-6-12-23-13-7-11-21-23)20-14-16(24)22-15-8-4-3-5-9-15/h3-5,7-9,11,13H,2,6,10,12,14H2,1H3,(H,22,24)(H2,18,19,20). The van der Waals surface area contributed by atoms with Crippen molar-refractivity contribution in [1.82, 2.24) is 20.4 Å². The molecule has 3 N–H and O–H groups in total. The second-order valence-corrected chi connectivity index (χ2v) is 5.16. The van der Waals surface area contributed by atoms with E-state index in [0.29, 0.717) is 5.96 Å². The van der Waals surface area contributed by atoms with Gasteiger partial charge in [0.25, 0.3) is 0 Å². The van der Waals surface area contributed by atoms with E-state index in [2.05, 4.69) is 26.0 Å². The minimum Gasteiger partial charge on any atom is -0.357 e. The van der Waals surface area contributed by atoms with Crippen LogP contribution in [0.2, 0.25) is 0 Å². The molecule has 128 valence electrons. The van der Waals surface area contributed by atoms with Gasteiger partial charge in [0.2, 0.25) is 5.91 Å². The van der Waals surface area contributed by atoms with Gasteiger partial charge in [-0.25, -0.2) is 4.99 Å². The minimum atomic E-state index is -0.144. The van der Waals surface area contributed by atoms with Crippen molar-refractivity contribution in [2.75, 3.05) is 25.0 Å². The highest BCUT2D eigenvalue weighted by molar-refractivity contribution is 5.94. The number of anilines is 1. The Kier molecular flexibility index (Phi) is 7.33. The molecule has 0 saturated carbocycles. The van der Waals surface area contributed by atoms with Crippen LogP contribution < -0.4 is 16.0 Å². The van der Waals surface area contributed by atoms with Gasteiger partial charge in [-0.2, -0.15) is 5.10 Å². The molecule has 0 fully saturated rings. The van der Waals surface area contributed by atoms with Crippen LogP contribution >= 0.6 is 0 Å². The molecular formula is C17H24N6O. The lowest BCUT2D eigenvalue weighted by Gasteiger charge is -2.11. The molecule has 0 spiro atoms. The maximum absolute atomic E-state index is 11.9. The fraction of sp³-hybridized carbons (Fsp3) is 0.353. The summed E-state index contributed by atoms with van der Waals surface area (Å²) in [5.74, 6) is 0.496. The highest BCUT2D eigenvalue weighted by Crippen LogP contribution is 2.04. The number of nitrogens with zero attached hydrogens (tertiary/aromatic N) is 3. The molecule has 2 aromatic rings. The second-order valence-electron chi connectivity index (χ2n) is 5.16. The van der Waals surface area contributed by atoms with E-state index in [1.165, 1.54) is 0 Å². The first kappa shape index (κ1) is 17.5. The molecule has 0 aliphatic rings. The van der Waals surface area contributed by atoms with Gasteiger partial charge in [0.05, 0.1) is 0 Å². The molecule has 0 atom stereocenters. The average molecular weight is 328 g/mol. The number of benzene rings is 1. The Bertz CT molecular complexity index is 624. The Morgan fingerprint density at radius 2 is 2.04 bits per heavy atom. The van der Waals surface area contributed by atoms with Crippen LogP contribution in [0.5, 0.6) is 0 Å². The van der Waals surface area contributed by atoms with Crippen molar-refractivity contribution >= 4 is 17.6 Å². The van der Waals surface area contributed by atoms with Crippen LogP contribution in [0.1, 0.15) is 13.3 Å². The van der Waals surface area contributed by atoms with Crippen molar-refractivity contribution in [3.63, 3.8) is 0 Å². The zero-order chi connectivity index (χ0) is 17.0. The summed E-state index contributed by atoms with van der Waals surface area (Å²) in [6.07, 6.45) is 4.62. The van der Waals surface area contributed by atoms with Gasteiger partial charge in [-0.1, -0.05) is 18.2 Å². The van der Waals surface area contributed by atoms with Crippen molar-refractivity contribution < 1.29 is 4.79 Å². The van der Waals surface area contributed by atoms with Crippen molar-refractivity contribution in [1.29, 1.82) is 0 Å². The summed E-state index contributed by atoms with van der Waals surface area (Å²) in [4.78, 5) is 16.2. The normalized spacial score (nSPS) is 11.1. The number of carbonyl (C=O) groups is 1. The number of hydrogen-bond donors (Lipinski definition) is 3. The highest BCUT2D eigenvalue weighted by atomic mass is 16.1. The minimum absolute atomic E-state index is 0.0728. The van der Waals surface area contributed by atoms with Gasteiger partial charge in [0.1, 0.15) is 6.54 Å². The smallest absolute Gasteiger partial charge is 0.246 e. The van der Waals surface area contributed by atoms with E-state index < -0.39 is 0 Å². The van der Waals surface area contributed by atoms with Crippen LogP contribution in [-0.4, -0.2) is 41.3 Å². The second kappa shape index (κ2) is 10.0. The number of para-hydroxylation sites is 1. The van der Waals surface area contributed by atoms with E-state index in [1.54, 1.807) is 6.20 Å². The number of aromatic nitrogens is 2. The van der Waals surface area contributed by atoms with Crippen molar-refractivity contribution in [2.24, 2.45) is 4.99 Å². The third-order valence-corrected chi connectivity index (χ3v) is 3.20. The van der Waals surface area contributed by atoms with Gasteiger partial charge in [0, 0.05) is 37.7 Å². The van der Waals surface area contributed by atoms with Gasteiger partial charge >= 0.3 is 0 Å². The number of aryl methyl sites for hydroxylation is 1. The Labute approximate surface area is 142 Å². The first-order valence-corrected chi connectivity index (χ1v) is 8.12. The summed E-state index contributed by atoms with van der Waals surface area (Å²) in [7, 11) is 0. The van der Waals surface area contributed by atoms with E-state index in [0.717, 1.165) is 31.7 Å². The van der Waals surface area contributed by atoms with Gasteiger partial charge in [-0.05, 0) is 31.5 Å². The molecule has 1 amide bonds. The number of hydrogen-bond acceptors (Lipinski definition) is 3. The maximum Gasteiger partial charge on any atom is 0.246 e. The molecule has 1 aromatic carbocycles. The molecule has 0 bridgehead atoms. The average Bonchev–Trinajstić information content (AvgIpc) is 3.11. The maximum atomic E-state index is 11.9. The molecule has 7 heteroatoms. The summed E-state index contributed by atoms with van der Waals surface area (Å²) >= 11 is 0. The fourth-order valence-corrected chi connectivity index (χ4v) is 2.10. The number of amides is 1. The lowest BCUT2D eigenvalue weighted by atomic mass is 10.3. The summed E-state index contributed by atoms with van der Waals surface area (Å²) in [5.41, 5.74) is 0.773. The van der Waals surface area contributed by atoms with Crippen LogP contribution in [0.15, 0.2) is 53.8 Å². The Balaban J connectivity index is 1.73. The van der Waals surface area contributed by atoms with Gasteiger partial charge < -0.3 is 16.0 Å². The molecule has 7 nitrogen and oxygen atoms in total. The van der Waals surface area contributed by atoms with Gasteiger partial charge in [-0.3, -0.25) is 9.48 Å². The lowest BCUT2D eigenvalue weighted by Crippen LogP contribution is -2.38. The Morgan fingerprint density at radius 1 is 1.21 bits per heavy atom. The summed E-state index contributed by atoms with van der Waals surface area (Å²) in [6.45, 7) is 4.40. The van der Waals surface area contributed by atoms with Gasteiger partial charge in [-0.15, -0.1) is 0 Å². The zero-order valence-electron chi connectivity index (χ0n) is 13.9. The number of rotatable bonds is 8. The Morgan fingerprint density at radius 3 is 2.75 bits per heavy atom. The van der Waals surface area contributed by atoms with Gasteiger partial charge in [0.15, 0.2) is 5.96 Å². The van der Waals surface area contributed by atoms with Crippen LogP contribution in [0, 0.1) is 0 Å². The molecule has 0 aliphatic carbocycles. The molecule has 0 aliphatic heterocycles. The molecular weight excluding hydrogens is 304 g/mol. The number of aliphatic imine (C=N–C) groups is 1. The van der Waals surface area contributed by atoms with E-state index in [-0.39, 0.29) is 12.5 Å². The Hall–Kier alpha value is -2.83. The summed E-state index contributed by atoms with van der Waals surface area (Å²) in [5, 5.41) is 13.3. The predicted octanol–water partition coefficient (Wildman–Crippen LogP) is 1.47. The number of carbonyl (C=O) groups excluding carboxylic acids is 1. The molecule has 0 unspecified atom stereocenters. The SMILES string of the molecule is CCNC(=NCC(=O)Nc1ccccc1)NCCCn1cccn1. The molecule has 0 saturated heterocycles. The third kappa shape index (κ3) is 6.51. The van der Waals surface area contributed by atoms with Crippen molar-refractivity contribution in [3.05, 3.63) is 48.8 Å².